The number of hydrogen-bond donors (Lipinski definition) is 0. The maximum absolute atomic E-state index is 12.7. The smallest absolute Gasteiger partial charge is 0.434 e. The van der Waals surface area contributed by atoms with Crippen LogP contribution in [-0.4, -0.2) is 135 Å². The van der Waals surface area contributed by atoms with Crippen molar-refractivity contribution in [3.05, 3.63) is 57.6 Å². The Hall–Kier alpha value is -4.19. The summed E-state index contributed by atoms with van der Waals surface area (Å²) in [5.41, 5.74) is 1.08. The van der Waals surface area contributed by atoms with Crippen molar-refractivity contribution < 1.29 is 94.8 Å². The minimum absolute atomic E-state index is 0.0246. The highest BCUT2D eigenvalue weighted by Gasteiger charge is 2.61. The zero-order chi connectivity index (χ0) is 51.4. The number of alkyl halides is 14. The minimum Gasteiger partial charge on any atom is -0.489 e. The maximum Gasteiger partial charge on any atom is 0.434 e. The average molecular weight is 1060 g/mol. The first-order valence-corrected chi connectivity index (χ1v) is 22.3. The molecule has 3 aliphatic heterocycles. The van der Waals surface area contributed by atoms with Gasteiger partial charge in [0.25, 0.3) is 12.2 Å². The average Bonchev–Trinajstić information content (AvgIpc) is 3.89. The van der Waals surface area contributed by atoms with Crippen LogP contribution in [0.5, 0.6) is 11.5 Å². The molecule has 69 heavy (non-hydrogen) atoms. The highest BCUT2D eigenvalue weighted by atomic mass is 35.5. The Morgan fingerprint density at radius 1 is 0.594 bits per heavy atom. The van der Waals surface area contributed by atoms with Crippen molar-refractivity contribution >= 4 is 41.7 Å². The molecule has 0 radical (unpaired) electrons. The van der Waals surface area contributed by atoms with Gasteiger partial charge in [0.05, 0.1) is 10.0 Å². The highest BCUT2D eigenvalue weighted by molar-refractivity contribution is 6.32. The zero-order valence-corrected chi connectivity index (χ0v) is 38.1. The highest BCUT2D eigenvalue weighted by Crippen LogP contribution is 2.47. The molecule has 0 atom stereocenters. The molecule has 3 heterocycles. The van der Waals surface area contributed by atoms with Gasteiger partial charge in [-0.1, -0.05) is 42.1 Å². The van der Waals surface area contributed by atoms with Crippen molar-refractivity contribution in [2.75, 3.05) is 59.3 Å². The van der Waals surface area contributed by atoms with Crippen LogP contribution in [0.3, 0.4) is 0 Å². The van der Waals surface area contributed by atoms with E-state index in [1.807, 2.05) is 0 Å². The summed E-state index contributed by atoms with van der Waals surface area (Å²) in [4.78, 5) is 38.1. The molecule has 0 bridgehead atoms. The summed E-state index contributed by atoms with van der Waals surface area (Å²) in [5, 5.41) is 0.718. The molecule has 0 unspecified atom stereocenters. The number of aldehydes is 1. The number of amides is 2. The van der Waals surface area contributed by atoms with Gasteiger partial charge in [0, 0.05) is 43.8 Å². The molecular weight excluding hydrogens is 1010 g/mol. The van der Waals surface area contributed by atoms with E-state index in [1.165, 1.54) is 6.07 Å². The molecule has 26 heteroatoms. The van der Waals surface area contributed by atoms with E-state index in [4.69, 9.17) is 32.7 Å². The predicted molar refractivity (Wildman–Crippen MR) is 221 cm³/mol. The van der Waals surface area contributed by atoms with Crippen LogP contribution in [0.2, 0.25) is 10.0 Å². The van der Waals surface area contributed by atoms with Crippen molar-refractivity contribution in [1.29, 1.82) is 0 Å². The van der Waals surface area contributed by atoms with Crippen molar-refractivity contribution in [3.8, 4) is 11.5 Å². The number of carbonyl (C=O) groups is 3. The number of halogens is 16. The summed E-state index contributed by atoms with van der Waals surface area (Å²) in [6.07, 6.45) is -25.8. The molecule has 3 saturated heterocycles. The molecule has 1 aliphatic carbocycles. The number of rotatable bonds is 11. The van der Waals surface area contributed by atoms with Crippen LogP contribution in [0.4, 0.5) is 71.1 Å². The molecule has 4 aliphatic rings. The molecule has 390 valence electrons. The topological polar surface area (TPSA) is 97.9 Å². The first-order chi connectivity index (χ1) is 32.2. The summed E-state index contributed by atoms with van der Waals surface area (Å²) in [6, 6.07) is 9.74. The van der Waals surface area contributed by atoms with Gasteiger partial charge >= 0.3 is 36.9 Å². The molecule has 2 aromatic carbocycles. The third kappa shape index (κ3) is 16.4. The largest absolute Gasteiger partial charge is 0.489 e. The van der Waals surface area contributed by atoms with Crippen LogP contribution in [0, 0.1) is 5.41 Å². The van der Waals surface area contributed by atoms with E-state index in [-0.39, 0.29) is 50.3 Å². The number of likely N-dealkylation sites (tertiary alicyclic amines) is 3. The summed E-state index contributed by atoms with van der Waals surface area (Å²) in [5.74, 6) is 0.690. The Balaban J connectivity index is 0.000000252. The molecule has 2 aromatic rings. The lowest BCUT2D eigenvalue weighted by Gasteiger charge is -2.45. The second-order valence-corrected chi connectivity index (χ2v) is 17.6. The van der Waals surface area contributed by atoms with Crippen LogP contribution < -0.4 is 9.47 Å². The molecule has 4 fully saturated rings. The molecular formula is C43H49Cl2F14N3O7. The van der Waals surface area contributed by atoms with E-state index in [0.29, 0.717) is 65.6 Å². The Bertz CT molecular complexity index is 1960. The van der Waals surface area contributed by atoms with Crippen LogP contribution in [0.1, 0.15) is 80.1 Å². The van der Waals surface area contributed by atoms with Gasteiger partial charge in [0.2, 0.25) is 0 Å². The number of carbonyl (C=O) groups excluding carboxylic acids is 3. The first-order valence-electron chi connectivity index (χ1n) is 21.5. The molecule has 6 rings (SSSR count). The maximum atomic E-state index is 12.7. The Morgan fingerprint density at radius 2 is 1.03 bits per heavy atom. The van der Waals surface area contributed by atoms with Crippen molar-refractivity contribution in [2.24, 2.45) is 5.41 Å². The van der Waals surface area contributed by atoms with E-state index >= 15 is 0 Å². The fourth-order valence-electron chi connectivity index (χ4n) is 8.67. The number of piperidine rings is 2. The predicted octanol–water partition coefficient (Wildman–Crippen LogP) is 12.5. The lowest BCUT2D eigenvalue weighted by molar-refractivity contribution is -0.309. The molecule has 10 nitrogen and oxygen atoms in total. The second kappa shape index (κ2) is 24.3. The lowest BCUT2D eigenvalue weighted by atomic mass is 9.77. The summed E-state index contributed by atoms with van der Waals surface area (Å²) < 4.78 is 192. The molecule has 2 spiro atoms. The second-order valence-electron chi connectivity index (χ2n) is 16.8. The van der Waals surface area contributed by atoms with Gasteiger partial charge in [-0.2, -0.15) is 52.7 Å². The Labute approximate surface area is 397 Å². The Morgan fingerprint density at radius 3 is 1.46 bits per heavy atom. The van der Waals surface area contributed by atoms with Crippen molar-refractivity contribution in [2.45, 2.75) is 113 Å². The van der Waals surface area contributed by atoms with Crippen LogP contribution in [0.15, 0.2) is 36.4 Å². The van der Waals surface area contributed by atoms with Crippen LogP contribution in [0.25, 0.3) is 0 Å². The van der Waals surface area contributed by atoms with Crippen molar-refractivity contribution in [3.63, 3.8) is 0 Å². The van der Waals surface area contributed by atoms with Gasteiger partial charge < -0.3 is 28.7 Å². The molecule has 0 N–H and O–H groups in total. The third-order valence-electron chi connectivity index (χ3n) is 12.2. The Kier molecular flexibility index (Phi) is 20.2. The molecule has 1 saturated carbocycles. The summed E-state index contributed by atoms with van der Waals surface area (Å²) in [6.45, 7) is 0.0300. The van der Waals surface area contributed by atoms with E-state index in [2.05, 4.69) is 14.4 Å². The number of hydrogen-bond acceptors (Lipinski definition) is 8. The van der Waals surface area contributed by atoms with Gasteiger partial charge in [-0.05, 0) is 99.2 Å². The number of ether oxygens (including phenoxy) is 4. The van der Waals surface area contributed by atoms with E-state index < -0.39 is 62.4 Å². The summed E-state index contributed by atoms with van der Waals surface area (Å²) in [7, 11) is 0. The fourth-order valence-corrected chi connectivity index (χ4v) is 9.01. The van der Waals surface area contributed by atoms with E-state index in [1.54, 1.807) is 30.3 Å². The molecule has 0 aromatic heterocycles. The van der Waals surface area contributed by atoms with Crippen molar-refractivity contribution in [1.82, 2.24) is 14.7 Å². The molecule has 2 amide bonds. The summed E-state index contributed by atoms with van der Waals surface area (Å²) >= 11 is 11.8. The van der Waals surface area contributed by atoms with E-state index in [0.717, 1.165) is 60.4 Å². The van der Waals surface area contributed by atoms with Gasteiger partial charge in [0.15, 0.2) is 0 Å². The van der Waals surface area contributed by atoms with E-state index in [9.17, 15) is 75.8 Å². The fraction of sp³-hybridized carbons (Fsp3) is 0.651. The SMILES string of the molecule is O=C(OC(C(F)(F)F)C(F)(F)F)N1CCC2(CCCC2)CC1.O=C(OC(C(F)(F)F)C(F)(F)F)N1CCC2(CCCN2Cc2ccc(Cl)c(OCCF)c2)CC1.O=Cc1ccc(Cl)c(OCCF)c1. The number of benzene rings is 2. The van der Waals surface area contributed by atoms with Gasteiger partial charge in [0.1, 0.15) is 44.3 Å². The zero-order valence-electron chi connectivity index (χ0n) is 36.6. The monoisotopic (exact) mass is 1060 g/mol. The van der Waals surface area contributed by atoms with Gasteiger partial charge in [-0.3, -0.25) is 9.69 Å². The minimum atomic E-state index is -5.75. The lowest BCUT2D eigenvalue weighted by Crippen LogP contribution is -2.54. The number of nitrogens with zero attached hydrogens (tertiary/aromatic N) is 3. The van der Waals surface area contributed by atoms with Gasteiger partial charge in [-0.15, -0.1) is 0 Å². The first kappa shape index (κ1) is 57.4. The standard InChI is InChI=1S/C21H24ClF7N2O3.C13H17F6NO2.C9H8ClFO2/c22-15-3-2-14(12-16(15)33-11-7-23)13-31-8-1-4-19(31)5-9-30(10-6-19)18(32)34-17(20(24,25)26)21(27,28)29;14-12(15,16)9(13(17,18)19)22-10(21)20-7-5-11(6-8-20)3-1-2-4-11;10-8-2-1-7(6-12)5-9(8)13-4-3-11/h2-3,12,17H,1,4-11,13H2;9H,1-8H2;1-2,5-6H,3-4H2. The third-order valence-corrected chi connectivity index (χ3v) is 12.8. The van der Waals surface area contributed by atoms with Crippen LogP contribution >= 0.6 is 23.2 Å². The normalized spacial score (nSPS) is 18.4. The van der Waals surface area contributed by atoms with Crippen LogP contribution in [-0.2, 0) is 16.0 Å². The quantitative estimate of drug-likeness (QED) is 0.162. The van der Waals surface area contributed by atoms with Gasteiger partial charge in [-0.25, -0.2) is 18.4 Å².